The number of aromatic nitrogens is 2. The summed E-state index contributed by atoms with van der Waals surface area (Å²) in [4.78, 5) is 35.3. The number of nitrogens with zero attached hydrogens (tertiary/aromatic N) is 3. The van der Waals surface area contributed by atoms with Gasteiger partial charge in [0.25, 0.3) is 5.91 Å². The third kappa shape index (κ3) is 4.18. The Morgan fingerprint density at radius 3 is 2.69 bits per heavy atom. The van der Waals surface area contributed by atoms with Crippen LogP contribution in [0, 0.1) is 11.8 Å². The fourth-order valence-corrected chi connectivity index (χ4v) is 3.17. The van der Waals surface area contributed by atoms with Crippen LogP contribution >= 0.6 is 0 Å². The van der Waals surface area contributed by atoms with Crippen LogP contribution in [0.3, 0.4) is 0 Å². The lowest BCUT2D eigenvalue weighted by Gasteiger charge is -2.23. The van der Waals surface area contributed by atoms with E-state index in [1.54, 1.807) is 24.5 Å². The van der Waals surface area contributed by atoms with Gasteiger partial charge in [0.1, 0.15) is 0 Å². The molecule has 3 rings (SSSR count). The number of rotatable bonds is 8. The lowest BCUT2D eigenvalue weighted by molar-refractivity contribution is -0.145. The van der Waals surface area contributed by atoms with E-state index in [0.29, 0.717) is 30.8 Å². The molecule has 26 heavy (non-hydrogen) atoms. The summed E-state index contributed by atoms with van der Waals surface area (Å²) in [6.45, 7) is 5.61. The van der Waals surface area contributed by atoms with E-state index in [0.717, 1.165) is 24.8 Å². The van der Waals surface area contributed by atoms with Crippen LogP contribution in [0.25, 0.3) is 11.0 Å². The van der Waals surface area contributed by atoms with Crippen molar-refractivity contribution in [1.29, 1.82) is 0 Å². The maximum atomic E-state index is 13.0. The zero-order valence-electron chi connectivity index (χ0n) is 15.4. The second-order valence-corrected chi connectivity index (χ2v) is 6.72. The third-order valence-corrected chi connectivity index (χ3v) is 4.75. The molecule has 1 amide bonds. The SMILES string of the molecule is CCCCN(C[C@H]1C[C@@H]1C(=O)OCC)C(=O)c1ccc2nccnc2c1. The number of carbonyl (C=O) groups excluding carboxylic acids is 2. The molecule has 1 fully saturated rings. The molecular formula is C20H25N3O3. The van der Waals surface area contributed by atoms with Crippen LogP contribution in [-0.4, -0.2) is 46.4 Å². The smallest absolute Gasteiger partial charge is 0.309 e. The van der Waals surface area contributed by atoms with Crippen molar-refractivity contribution < 1.29 is 14.3 Å². The molecule has 6 heteroatoms. The molecule has 138 valence electrons. The third-order valence-electron chi connectivity index (χ3n) is 4.75. The molecule has 2 aromatic rings. The van der Waals surface area contributed by atoms with Crippen LogP contribution in [0.4, 0.5) is 0 Å². The number of benzene rings is 1. The Morgan fingerprint density at radius 1 is 1.19 bits per heavy atom. The monoisotopic (exact) mass is 355 g/mol. The molecule has 6 nitrogen and oxygen atoms in total. The molecule has 0 spiro atoms. The van der Waals surface area contributed by atoms with Gasteiger partial charge >= 0.3 is 5.97 Å². The Kier molecular flexibility index (Phi) is 5.81. The van der Waals surface area contributed by atoms with E-state index < -0.39 is 0 Å². The first-order valence-corrected chi connectivity index (χ1v) is 9.30. The van der Waals surface area contributed by atoms with Gasteiger partial charge < -0.3 is 9.64 Å². The average molecular weight is 355 g/mol. The van der Waals surface area contributed by atoms with E-state index in [9.17, 15) is 9.59 Å². The summed E-state index contributed by atoms with van der Waals surface area (Å²) < 4.78 is 5.09. The van der Waals surface area contributed by atoms with Crippen molar-refractivity contribution in [2.45, 2.75) is 33.1 Å². The van der Waals surface area contributed by atoms with Gasteiger partial charge in [0.05, 0.1) is 23.6 Å². The van der Waals surface area contributed by atoms with Crippen LogP contribution in [0.1, 0.15) is 43.5 Å². The molecule has 0 bridgehead atoms. The number of unbranched alkanes of at least 4 members (excludes halogenated alkanes) is 1. The van der Waals surface area contributed by atoms with E-state index >= 15 is 0 Å². The number of hydrogen-bond donors (Lipinski definition) is 0. The molecule has 0 saturated heterocycles. The van der Waals surface area contributed by atoms with Crippen LogP contribution in [0.15, 0.2) is 30.6 Å². The molecule has 1 aliphatic carbocycles. The average Bonchev–Trinajstić information content (AvgIpc) is 3.43. The molecule has 0 aliphatic heterocycles. The van der Waals surface area contributed by atoms with Crippen molar-refractivity contribution in [1.82, 2.24) is 14.9 Å². The number of amides is 1. The quantitative estimate of drug-likeness (QED) is 0.681. The highest BCUT2D eigenvalue weighted by Gasteiger charge is 2.45. The lowest BCUT2D eigenvalue weighted by atomic mass is 10.1. The summed E-state index contributed by atoms with van der Waals surface area (Å²) >= 11 is 0. The topological polar surface area (TPSA) is 72.4 Å². The zero-order chi connectivity index (χ0) is 18.5. The van der Waals surface area contributed by atoms with Crippen molar-refractivity contribution in [3.05, 3.63) is 36.2 Å². The lowest BCUT2D eigenvalue weighted by Crippen LogP contribution is -2.34. The maximum absolute atomic E-state index is 13.0. The van der Waals surface area contributed by atoms with Crippen LogP contribution in [-0.2, 0) is 9.53 Å². The van der Waals surface area contributed by atoms with E-state index in [4.69, 9.17) is 4.74 Å². The van der Waals surface area contributed by atoms with Gasteiger partial charge in [-0.05, 0) is 43.9 Å². The van der Waals surface area contributed by atoms with Gasteiger partial charge in [-0.3, -0.25) is 19.6 Å². The van der Waals surface area contributed by atoms with Gasteiger partial charge in [0, 0.05) is 31.0 Å². The second-order valence-electron chi connectivity index (χ2n) is 6.72. The van der Waals surface area contributed by atoms with Crippen LogP contribution in [0.5, 0.6) is 0 Å². The van der Waals surface area contributed by atoms with Gasteiger partial charge in [0.15, 0.2) is 0 Å². The summed E-state index contributed by atoms with van der Waals surface area (Å²) in [6, 6.07) is 5.42. The maximum Gasteiger partial charge on any atom is 0.309 e. The van der Waals surface area contributed by atoms with Gasteiger partial charge in [-0.15, -0.1) is 0 Å². The van der Waals surface area contributed by atoms with Crippen molar-refractivity contribution in [2.75, 3.05) is 19.7 Å². The normalized spacial score (nSPS) is 18.5. The molecular weight excluding hydrogens is 330 g/mol. The fourth-order valence-electron chi connectivity index (χ4n) is 3.17. The van der Waals surface area contributed by atoms with Crippen LogP contribution < -0.4 is 0 Å². The first-order chi connectivity index (χ1) is 12.6. The summed E-state index contributed by atoms with van der Waals surface area (Å²) in [5, 5.41) is 0. The Bertz CT molecular complexity index is 793. The standard InChI is InChI=1S/C20H25N3O3/c1-3-5-10-23(13-15-11-16(15)20(25)26-4-2)19(24)14-6-7-17-18(12-14)22-9-8-21-17/h6-9,12,15-16H,3-5,10-11,13H2,1-2H3/t15-,16+/m1/s1. The zero-order valence-corrected chi connectivity index (χ0v) is 15.4. The van der Waals surface area contributed by atoms with Gasteiger partial charge in [0.2, 0.25) is 0 Å². The highest BCUT2D eigenvalue weighted by molar-refractivity contribution is 5.97. The Hall–Kier alpha value is -2.50. The highest BCUT2D eigenvalue weighted by atomic mass is 16.5. The van der Waals surface area contributed by atoms with Crippen molar-refractivity contribution in [2.24, 2.45) is 11.8 Å². The molecule has 0 radical (unpaired) electrons. The highest BCUT2D eigenvalue weighted by Crippen LogP contribution is 2.40. The summed E-state index contributed by atoms with van der Waals surface area (Å²) in [6.07, 6.45) is 6.02. The number of esters is 1. The Balaban J connectivity index is 1.71. The van der Waals surface area contributed by atoms with E-state index in [1.165, 1.54) is 0 Å². The van der Waals surface area contributed by atoms with E-state index in [1.807, 2.05) is 17.9 Å². The summed E-state index contributed by atoms with van der Waals surface area (Å²) in [5.41, 5.74) is 2.10. The second kappa shape index (κ2) is 8.25. The number of carbonyl (C=O) groups is 2. The van der Waals surface area contributed by atoms with E-state index in [2.05, 4.69) is 16.9 Å². The van der Waals surface area contributed by atoms with Gasteiger partial charge in [-0.1, -0.05) is 13.3 Å². The number of fused-ring (bicyclic) bond motifs is 1. The largest absolute Gasteiger partial charge is 0.466 e. The predicted octanol–water partition coefficient (Wildman–Crippen LogP) is 3.07. The first-order valence-electron chi connectivity index (χ1n) is 9.30. The molecule has 1 heterocycles. The van der Waals surface area contributed by atoms with E-state index in [-0.39, 0.29) is 23.7 Å². The first kappa shape index (κ1) is 18.3. The minimum atomic E-state index is -0.138. The van der Waals surface area contributed by atoms with Crippen molar-refractivity contribution >= 4 is 22.9 Å². The number of hydrogen-bond acceptors (Lipinski definition) is 5. The van der Waals surface area contributed by atoms with Crippen molar-refractivity contribution in [3.8, 4) is 0 Å². The minimum Gasteiger partial charge on any atom is -0.466 e. The van der Waals surface area contributed by atoms with Gasteiger partial charge in [-0.2, -0.15) is 0 Å². The molecule has 1 aliphatic rings. The molecule has 2 atom stereocenters. The molecule has 1 aromatic carbocycles. The predicted molar refractivity (Wildman–Crippen MR) is 98.6 cm³/mol. The van der Waals surface area contributed by atoms with Crippen molar-refractivity contribution in [3.63, 3.8) is 0 Å². The van der Waals surface area contributed by atoms with Crippen LogP contribution in [0.2, 0.25) is 0 Å². The number of ether oxygens (including phenoxy) is 1. The molecule has 0 N–H and O–H groups in total. The fraction of sp³-hybridized carbons (Fsp3) is 0.500. The Morgan fingerprint density at radius 2 is 1.96 bits per heavy atom. The summed E-state index contributed by atoms with van der Waals surface area (Å²) in [7, 11) is 0. The molecule has 1 saturated carbocycles. The van der Waals surface area contributed by atoms with Gasteiger partial charge in [-0.25, -0.2) is 0 Å². The summed E-state index contributed by atoms with van der Waals surface area (Å²) in [5.74, 6) is -0.00803. The molecule has 0 unspecified atom stereocenters. The Labute approximate surface area is 153 Å². The minimum absolute atomic E-state index is 0.0134. The molecule has 1 aromatic heterocycles.